The van der Waals surface area contributed by atoms with Crippen LogP contribution in [0.4, 0.5) is 5.69 Å². The number of nitrogen functional groups attached to an aromatic ring is 1. The number of rotatable bonds is 5. The number of nitrogens with two attached hydrogens (primary N) is 1. The van der Waals surface area contributed by atoms with Crippen molar-refractivity contribution in [3.05, 3.63) is 45.3 Å². The molecule has 0 atom stereocenters. The van der Waals surface area contributed by atoms with E-state index in [4.69, 9.17) is 15.2 Å². The zero-order valence-corrected chi connectivity index (χ0v) is 14.1. The van der Waals surface area contributed by atoms with Gasteiger partial charge in [0.2, 0.25) is 0 Å². The number of thiophene rings is 1. The number of nitriles is 1. The average Bonchev–Trinajstić information content (AvgIpc) is 2.84. The monoisotopic (exact) mass is 330 g/mol. The second-order valence-electron chi connectivity index (χ2n) is 5.05. The molecule has 2 aromatic rings. The quantitative estimate of drug-likeness (QED) is 0.847. The van der Waals surface area contributed by atoms with Crippen molar-refractivity contribution in [1.29, 1.82) is 5.26 Å². The Morgan fingerprint density at radius 1 is 1.35 bits per heavy atom. The fourth-order valence-electron chi connectivity index (χ4n) is 2.02. The van der Waals surface area contributed by atoms with Crippen LogP contribution in [0, 0.1) is 25.2 Å². The van der Waals surface area contributed by atoms with Crippen LogP contribution < -0.4 is 10.5 Å². The number of carbonyl (C=O) groups excluding carboxylic acids is 1. The van der Waals surface area contributed by atoms with Crippen LogP contribution in [0.1, 0.15) is 38.8 Å². The number of anilines is 1. The summed E-state index contributed by atoms with van der Waals surface area (Å²) in [6, 6.07) is 8.01. The van der Waals surface area contributed by atoms with Crippen molar-refractivity contribution in [2.45, 2.75) is 27.4 Å². The molecule has 1 aromatic heterocycles. The summed E-state index contributed by atoms with van der Waals surface area (Å²) < 4.78 is 10.6. The Labute approximate surface area is 139 Å². The van der Waals surface area contributed by atoms with Gasteiger partial charge in [-0.2, -0.15) is 5.26 Å². The topological polar surface area (TPSA) is 85.3 Å². The maximum atomic E-state index is 11.8. The number of benzene rings is 1. The highest BCUT2D eigenvalue weighted by atomic mass is 32.1. The van der Waals surface area contributed by atoms with Crippen LogP contribution in [0.3, 0.4) is 0 Å². The van der Waals surface area contributed by atoms with E-state index < -0.39 is 5.97 Å². The summed E-state index contributed by atoms with van der Waals surface area (Å²) in [4.78, 5) is 12.1. The highest BCUT2D eigenvalue weighted by molar-refractivity contribution is 7.16. The van der Waals surface area contributed by atoms with Gasteiger partial charge in [-0.25, -0.2) is 4.79 Å². The first-order valence-electron chi connectivity index (χ1n) is 7.16. The van der Waals surface area contributed by atoms with E-state index in [1.807, 2.05) is 38.1 Å². The Balaban J connectivity index is 2.22. The third-order valence-corrected chi connectivity index (χ3v) is 4.52. The van der Waals surface area contributed by atoms with E-state index in [1.54, 1.807) is 6.92 Å². The number of ether oxygens (including phenoxy) is 2. The van der Waals surface area contributed by atoms with Gasteiger partial charge in [0.1, 0.15) is 23.1 Å². The third kappa shape index (κ3) is 3.63. The lowest BCUT2D eigenvalue weighted by Gasteiger charge is -2.07. The Morgan fingerprint density at radius 3 is 2.70 bits per heavy atom. The van der Waals surface area contributed by atoms with E-state index in [-0.39, 0.29) is 22.7 Å². The number of esters is 1. The minimum atomic E-state index is -0.535. The molecule has 1 aromatic carbocycles. The summed E-state index contributed by atoms with van der Waals surface area (Å²) in [5.41, 5.74) is 9.53. The van der Waals surface area contributed by atoms with Gasteiger partial charge in [0.25, 0.3) is 0 Å². The number of nitrogens with zero attached hydrogens (tertiary/aromatic N) is 1. The summed E-state index contributed by atoms with van der Waals surface area (Å²) >= 11 is 1.04. The molecule has 23 heavy (non-hydrogen) atoms. The number of aryl methyl sites for hydroxylation is 2. The van der Waals surface area contributed by atoms with Crippen molar-refractivity contribution >= 4 is 23.0 Å². The Hall–Kier alpha value is -2.52. The highest BCUT2D eigenvalue weighted by Crippen LogP contribution is 2.38. The molecule has 0 radical (unpaired) electrons. The fourth-order valence-corrected chi connectivity index (χ4v) is 2.94. The predicted octanol–water partition coefficient (Wildman–Crippen LogP) is 3.57. The molecule has 0 saturated carbocycles. The van der Waals surface area contributed by atoms with Crippen molar-refractivity contribution in [1.82, 2.24) is 0 Å². The van der Waals surface area contributed by atoms with Gasteiger partial charge in [-0.3, -0.25) is 0 Å². The molecule has 2 rings (SSSR count). The molecule has 0 bridgehead atoms. The van der Waals surface area contributed by atoms with Gasteiger partial charge < -0.3 is 15.2 Å². The third-order valence-electron chi connectivity index (χ3n) is 3.43. The minimum absolute atomic E-state index is 0.117. The van der Waals surface area contributed by atoms with Gasteiger partial charge in [-0.15, -0.1) is 0 Å². The van der Waals surface area contributed by atoms with Crippen molar-refractivity contribution in [2.75, 3.05) is 12.3 Å². The van der Waals surface area contributed by atoms with Crippen LogP contribution in [0.5, 0.6) is 5.06 Å². The SMILES string of the molecule is CCOC(=O)c1sc(OCc2ccc(C)c(C)c2)c(C#N)c1N. The zero-order chi connectivity index (χ0) is 17.0. The van der Waals surface area contributed by atoms with Crippen molar-refractivity contribution in [3.63, 3.8) is 0 Å². The zero-order valence-electron chi connectivity index (χ0n) is 13.3. The summed E-state index contributed by atoms with van der Waals surface area (Å²) in [5, 5.41) is 9.59. The van der Waals surface area contributed by atoms with E-state index in [0.717, 1.165) is 16.9 Å². The van der Waals surface area contributed by atoms with Gasteiger partial charge in [0.15, 0.2) is 5.06 Å². The van der Waals surface area contributed by atoms with Crippen molar-refractivity contribution in [3.8, 4) is 11.1 Å². The maximum Gasteiger partial charge on any atom is 0.350 e. The van der Waals surface area contributed by atoms with Crippen LogP contribution in [0.25, 0.3) is 0 Å². The molecule has 0 unspecified atom stereocenters. The average molecular weight is 330 g/mol. The van der Waals surface area contributed by atoms with E-state index in [9.17, 15) is 10.1 Å². The van der Waals surface area contributed by atoms with Crippen LogP contribution in [0.2, 0.25) is 0 Å². The largest absolute Gasteiger partial charge is 0.478 e. The van der Waals surface area contributed by atoms with E-state index >= 15 is 0 Å². The molecule has 0 fully saturated rings. The molecule has 5 nitrogen and oxygen atoms in total. The second kappa shape index (κ2) is 7.16. The summed E-state index contributed by atoms with van der Waals surface area (Å²) in [7, 11) is 0. The molecule has 120 valence electrons. The molecular weight excluding hydrogens is 312 g/mol. The van der Waals surface area contributed by atoms with E-state index in [0.29, 0.717) is 11.7 Å². The fraction of sp³-hybridized carbons (Fsp3) is 0.294. The van der Waals surface area contributed by atoms with Gasteiger partial charge in [-0.1, -0.05) is 29.5 Å². The Morgan fingerprint density at radius 2 is 2.09 bits per heavy atom. The molecule has 2 N–H and O–H groups in total. The molecule has 0 aliphatic rings. The molecule has 0 saturated heterocycles. The number of hydrogen-bond acceptors (Lipinski definition) is 6. The smallest absolute Gasteiger partial charge is 0.350 e. The molecule has 0 aliphatic carbocycles. The number of hydrogen-bond donors (Lipinski definition) is 1. The predicted molar refractivity (Wildman–Crippen MR) is 89.7 cm³/mol. The first-order chi connectivity index (χ1) is 11.0. The summed E-state index contributed by atoms with van der Waals surface area (Å²) in [5.74, 6) is -0.535. The van der Waals surface area contributed by atoms with Crippen LogP contribution in [-0.2, 0) is 11.3 Å². The molecule has 0 aliphatic heterocycles. The Kier molecular flexibility index (Phi) is 5.24. The number of carbonyl (C=O) groups is 1. The van der Waals surface area contributed by atoms with E-state index in [1.165, 1.54) is 11.1 Å². The first kappa shape index (κ1) is 16.8. The lowest BCUT2D eigenvalue weighted by atomic mass is 10.1. The van der Waals surface area contributed by atoms with E-state index in [2.05, 4.69) is 0 Å². The summed E-state index contributed by atoms with van der Waals surface area (Å²) in [6.07, 6.45) is 0. The lowest BCUT2D eigenvalue weighted by Crippen LogP contribution is -2.05. The summed E-state index contributed by atoms with van der Waals surface area (Å²) in [6.45, 7) is 6.33. The van der Waals surface area contributed by atoms with Gasteiger partial charge >= 0.3 is 5.97 Å². The van der Waals surface area contributed by atoms with Crippen molar-refractivity contribution in [2.24, 2.45) is 0 Å². The minimum Gasteiger partial charge on any atom is -0.478 e. The molecular formula is C17H18N2O3S. The van der Waals surface area contributed by atoms with Crippen LogP contribution in [-0.4, -0.2) is 12.6 Å². The van der Waals surface area contributed by atoms with Gasteiger partial charge in [-0.05, 0) is 37.5 Å². The lowest BCUT2D eigenvalue weighted by molar-refractivity contribution is 0.0533. The maximum absolute atomic E-state index is 11.8. The van der Waals surface area contributed by atoms with Crippen LogP contribution >= 0.6 is 11.3 Å². The second-order valence-corrected chi connectivity index (χ2v) is 6.03. The first-order valence-corrected chi connectivity index (χ1v) is 7.98. The van der Waals surface area contributed by atoms with Crippen molar-refractivity contribution < 1.29 is 14.3 Å². The normalized spacial score (nSPS) is 10.2. The van der Waals surface area contributed by atoms with Gasteiger partial charge in [0, 0.05) is 0 Å². The molecule has 0 amide bonds. The standard InChI is InChI=1S/C17H18N2O3S/c1-4-21-16(20)15-14(19)13(8-18)17(23-15)22-9-12-6-5-10(2)11(3)7-12/h5-7H,4,9,19H2,1-3H3. The van der Waals surface area contributed by atoms with Crippen LogP contribution in [0.15, 0.2) is 18.2 Å². The highest BCUT2D eigenvalue weighted by Gasteiger charge is 2.23. The molecule has 0 spiro atoms. The Bertz CT molecular complexity index is 775. The molecule has 6 heteroatoms. The van der Waals surface area contributed by atoms with Gasteiger partial charge in [0.05, 0.1) is 12.3 Å². The molecule has 1 heterocycles.